The van der Waals surface area contributed by atoms with E-state index in [0.29, 0.717) is 18.0 Å². The van der Waals surface area contributed by atoms with Crippen LogP contribution < -0.4 is 5.32 Å². The molecule has 0 bridgehead atoms. The third kappa shape index (κ3) is 5.56. The van der Waals surface area contributed by atoms with Crippen molar-refractivity contribution in [3.63, 3.8) is 0 Å². The molecule has 0 spiro atoms. The van der Waals surface area contributed by atoms with Crippen molar-refractivity contribution in [3.05, 3.63) is 81.8 Å². The number of para-hydroxylation sites is 1. The third-order valence-corrected chi connectivity index (χ3v) is 8.94. The number of thiazole rings is 1. The largest absolute Gasteiger partial charge is 0.347 e. The number of hydrogen-bond acceptors (Lipinski definition) is 6. The van der Waals surface area contributed by atoms with E-state index < -0.39 is 0 Å². The van der Waals surface area contributed by atoms with Gasteiger partial charge in [0.2, 0.25) is 5.91 Å². The summed E-state index contributed by atoms with van der Waals surface area (Å²) in [6.45, 7) is 4.23. The second kappa shape index (κ2) is 11.2. The molecule has 2 amide bonds. The standard InChI is InChI=1S/C30H33N5O2S/c36-28(16-23-17-31-26-9-5-4-8-25(23)26)35-14-10-22(11-15-35)30-33-27(20-38-30)29(37)32-24-12-13-34(19-24)18-21-6-2-1-3-7-21/h1-9,17,20,22-24H,10-16,18-19H2,(H,32,37). The minimum absolute atomic E-state index is 0.0711. The molecule has 4 heterocycles. The zero-order valence-corrected chi connectivity index (χ0v) is 22.3. The van der Waals surface area contributed by atoms with E-state index in [4.69, 9.17) is 4.98 Å². The first-order valence-corrected chi connectivity index (χ1v) is 14.4. The Morgan fingerprint density at radius 2 is 1.76 bits per heavy atom. The van der Waals surface area contributed by atoms with Crippen molar-refractivity contribution < 1.29 is 9.59 Å². The van der Waals surface area contributed by atoms with Crippen molar-refractivity contribution >= 4 is 35.1 Å². The lowest BCUT2D eigenvalue weighted by Gasteiger charge is -2.31. The number of rotatable bonds is 7. The van der Waals surface area contributed by atoms with Crippen LogP contribution in [-0.4, -0.2) is 65.0 Å². The van der Waals surface area contributed by atoms with Crippen molar-refractivity contribution in [3.8, 4) is 0 Å². The Bertz CT molecular complexity index is 1310. The van der Waals surface area contributed by atoms with Crippen LogP contribution in [0.4, 0.5) is 5.69 Å². The van der Waals surface area contributed by atoms with Crippen molar-refractivity contribution in [2.75, 3.05) is 26.2 Å². The summed E-state index contributed by atoms with van der Waals surface area (Å²) in [5, 5.41) is 6.09. The quantitative estimate of drug-likeness (QED) is 0.481. The molecule has 2 saturated heterocycles. The number of carbonyl (C=O) groups is 2. The molecular formula is C30H33N5O2S. The van der Waals surface area contributed by atoms with E-state index in [-0.39, 0.29) is 23.8 Å². The van der Waals surface area contributed by atoms with Gasteiger partial charge in [-0.1, -0.05) is 48.5 Å². The minimum atomic E-state index is -0.0785. The molecule has 7 nitrogen and oxygen atoms in total. The number of fused-ring (bicyclic) bond motifs is 1. The Hall–Kier alpha value is -3.36. The van der Waals surface area contributed by atoms with Gasteiger partial charge in [-0.05, 0) is 36.5 Å². The zero-order valence-electron chi connectivity index (χ0n) is 21.5. The molecule has 0 radical (unpaired) electrons. The molecule has 0 aliphatic carbocycles. The van der Waals surface area contributed by atoms with Crippen LogP contribution in [0.5, 0.6) is 0 Å². The van der Waals surface area contributed by atoms with Crippen molar-refractivity contribution in [1.82, 2.24) is 20.1 Å². The monoisotopic (exact) mass is 527 g/mol. The van der Waals surface area contributed by atoms with Crippen LogP contribution in [0.15, 0.2) is 65.0 Å². The van der Waals surface area contributed by atoms with Crippen LogP contribution in [0, 0.1) is 0 Å². The van der Waals surface area contributed by atoms with Crippen molar-refractivity contribution in [1.29, 1.82) is 0 Å². The van der Waals surface area contributed by atoms with Crippen molar-refractivity contribution in [2.24, 2.45) is 4.99 Å². The lowest BCUT2D eigenvalue weighted by atomic mass is 9.94. The summed E-state index contributed by atoms with van der Waals surface area (Å²) in [5.74, 6) is 0.479. The third-order valence-electron chi connectivity index (χ3n) is 7.93. The van der Waals surface area contributed by atoms with Gasteiger partial charge in [-0.15, -0.1) is 11.3 Å². The van der Waals surface area contributed by atoms with Gasteiger partial charge in [-0.2, -0.15) is 0 Å². The normalized spacial score (nSPS) is 21.5. The average Bonchev–Trinajstić information content (AvgIpc) is 3.70. The van der Waals surface area contributed by atoms with Crippen LogP contribution in [0.2, 0.25) is 0 Å². The van der Waals surface area contributed by atoms with Gasteiger partial charge < -0.3 is 10.2 Å². The predicted molar refractivity (Wildman–Crippen MR) is 150 cm³/mol. The van der Waals surface area contributed by atoms with Gasteiger partial charge in [-0.25, -0.2) is 4.98 Å². The number of nitrogens with zero attached hydrogens (tertiary/aromatic N) is 4. The molecule has 0 saturated carbocycles. The Morgan fingerprint density at radius 1 is 0.974 bits per heavy atom. The molecule has 3 aliphatic heterocycles. The highest BCUT2D eigenvalue weighted by atomic mass is 32.1. The number of aliphatic imine (C=N–C) groups is 1. The molecular weight excluding hydrogens is 494 g/mol. The van der Waals surface area contributed by atoms with Gasteiger partial charge in [0, 0.05) is 68.6 Å². The van der Waals surface area contributed by atoms with E-state index in [2.05, 4.69) is 45.5 Å². The van der Waals surface area contributed by atoms with Crippen LogP contribution in [-0.2, 0) is 11.3 Å². The summed E-state index contributed by atoms with van der Waals surface area (Å²) in [6, 6.07) is 18.7. The van der Waals surface area contributed by atoms with E-state index in [1.165, 1.54) is 5.56 Å². The Labute approximate surface area is 227 Å². The summed E-state index contributed by atoms with van der Waals surface area (Å²) in [5.41, 5.74) is 3.94. The molecule has 1 N–H and O–H groups in total. The number of hydrogen-bond donors (Lipinski definition) is 1. The molecule has 1 aromatic heterocycles. The SMILES string of the molecule is O=C(NC1CCN(Cc2ccccc2)C1)c1csc(C2CCN(C(=O)CC3C=Nc4ccccc43)CC2)n1. The Morgan fingerprint density at radius 3 is 2.61 bits per heavy atom. The molecule has 2 aromatic carbocycles. The first kappa shape index (κ1) is 24.9. The summed E-state index contributed by atoms with van der Waals surface area (Å²) < 4.78 is 0. The molecule has 3 aliphatic rings. The molecule has 2 atom stereocenters. The number of nitrogens with one attached hydrogen (secondary N) is 1. The lowest BCUT2D eigenvalue weighted by molar-refractivity contribution is -0.132. The minimum Gasteiger partial charge on any atom is -0.347 e. The molecule has 2 unspecified atom stereocenters. The van der Waals surface area contributed by atoms with E-state index in [1.54, 1.807) is 11.3 Å². The van der Waals surface area contributed by atoms with Crippen LogP contribution in [0.1, 0.15) is 64.1 Å². The van der Waals surface area contributed by atoms with E-state index in [0.717, 1.165) is 68.2 Å². The molecule has 196 valence electrons. The molecule has 3 aromatic rings. The fourth-order valence-corrected chi connectivity index (χ4v) is 6.77. The van der Waals surface area contributed by atoms with Crippen LogP contribution in [0.3, 0.4) is 0 Å². The Balaban J connectivity index is 0.967. The summed E-state index contributed by atoms with van der Waals surface area (Å²) in [7, 11) is 0. The summed E-state index contributed by atoms with van der Waals surface area (Å²) in [4.78, 5) is 39.4. The molecule has 8 heteroatoms. The second-order valence-electron chi connectivity index (χ2n) is 10.6. The van der Waals surface area contributed by atoms with Gasteiger partial charge in [0.25, 0.3) is 5.91 Å². The Kier molecular flexibility index (Phi) is 7.33. The predicted octanol–water partition coefficient (Wildman–Crippen LogP) is 4.74. The highest BCUT2D eigenvalue weighted by Crippen LogP contribution is 2.35. The highest BCUT2D eigenvalue weighted by Gasteiger charge is 2.30. The average molecular weight is 528 g/mol. The maximum atomic E-state index is 13.0. The summed E-state index contributed by atoms with van der Waals surface area (Å²) >= 11 is 1.57. The van der Waals surface area contributed by atoms with E-state index in [1.807, 2.05) is 40.8 Å². The second-order valence-corrected chi connectivity index (χ2v) is 11.4. The summed E-state index contributed by atoms with van der Waals surface area (Å²) in [6.07, 6.45) is 5.10. The smallest absolute Gasteiger partial charge is 0.271 e. The topological polar surface area (TPSA) is 77.9 Å². The number of carbonyl (C=O) groups excluding carboxylic acids is 2. The van der Waals surface area contributed by atoms with Gasteiger partial charge in [0.05, 0.1) is 10.7 Å². The maximum Gasteiger partial charge on any atom is 0.271 e. The molecule has 38 heavy (non-hydrogen) atoms. The zero-order chi connectivity index (χ0) is 25.9. The molecule has 2 fully saturated rings. The number of likely N-dealkylation sites (tertiary alicyclic amines) is 2. The van der Waals surface area contributed by atoms with Gasteiger partial charge in [0.15, 0.2) is 0 Å². The van der Waals surface area contributed by atoms with Gasteiger partial charge >= 0.3 is 0 Å². The van der Waals surface area contributed by atoms with Crippen LogP contribution in [0.25, 0.3) is 0 Å². The number of amides is 2. The van der Waals surface area contributed by atoms with E-state index in [9.17, 15) is 9.59 Å². The fourth-order valence-electron chi connectivity index (χ4n) is 5.80. The maximum absolute atomic E-state index is 13.0. The van der Waals surface area contributed by atoms with Gasteiger partial charge in [0.1, 0.15) is 5.69 Å². The van der Waals surface area contributed by atoms with E-state index >= 15 is 0 Å². The number of aromatic nitrogens is 1. The van der Waals surface area contributed by atoms with Gasteiger partial charge in [-0.3, -0.25) is 19.5 Å². The number of benzene rings is 2. The number of piperidine rings is 1. The first-order chi connectivity index (χ1) is 18.6. The lowest BCUT2D eigenvalue weighted by Crippen LogP contribution is -2.38. The molecule has 6 rings (SSSR count). The van der Waals surface area contributed by atoms with Crippen molar-refractivity contribution in [2.45, 2.75) is 50.1 Å². The fraction of sp³-hybridized carbons (Fsp3) is 0.400. The van der Waals surface area contributed by atoms with Crippen LogP contribution >= 0.6 is 11.3 Å². The first-order valence-electron chi connectivity index (χ1n) is 13.6. The highest BCUT2D eigenvalue weighted by molar-refractivity contribution is 7.09.